The molecule has 6 heteroatoms. The smallest absolute Gasteiger partial charge is 0.238 e. The summed E-state index contributed by atoms with van der Waals surface area (Å²) in [5, 5.41) is 6.76. The molecule has 6 nitrogen and oxygen atoms in total. The highest BCUT2D eigenvalue weighted by atomic mass is 16.5. The Morgan fingerprint density at radius 3 is 2.81 bits per heavy atom. The highest BCUT2D eigenvalue weighted by Gasteiger charge is 2.12. The predicted molar refractivity (Wildman–Crippen MR) is 81.8 cm³/mol. The molecule has 112 valence electrons. The molecule has 21 heavy (non-hydrogen) atoms. The van der Waals surface area contributed by atoms with E-state index >= 15 is 0 Å². The molecular weight excluding hydrogens is 268 g/mol. The number of benzene rings is 1. The van der Waals surface area contributed by atoms with E-state index < -0.39 is 0 Å². The Bertz CT molecular complexity index is 616. The van der Waals surface area contributed by atoms with Gasteiger partial charge < -0.3 is 15.6 Å². The number of hydrogen-bond acceptors (Lipinski definition) is 5. The van der Waals surface area contributed by atoms with Crippen LogP contribution in [0, 0.1) is 13.8 Å². The number of hydrogen-bond donors (Lipinski definition) is 2. The number of para-hydroxylation sites is 1. The van der Waals surface area contributed by atoms with Gasteiger partial charge in [0, 0.05) is 12.6 Å². The zero-order valence-corrected chi connectivity index (χ0v) is 12.5. The van der Waals surface area contributed by atoms with Gasteiger partial charge in [-0.2, -0.15) is 0 Å². The van der Waals surface area contributed by atoms with Gasteiger partial charge in [-0.05, 0) is 32.5 Å². The van der Waals surface area contributed by atoms with E-state index in [0.717, 1.165) is 17.0 Å². The van der Waals surface area contributed by atoms with Gasteiger partial charge in [0.15, 0.2) is 0 Å². The first-order valence-electron chi connectivity index (χ1n) is 6.71. The van der Waals surface area contributed by atoms with Crippen LogP contribution in [-0.2, 0) is 11.3 Å². The van der Waals surface area contributed by atoms with Gasteiger partial charge in [-0.1, -0.05) is 17.3 Å². The molecule has 0 aliphatic carbocycles. The van der Waals surface area contributed by atoms with E-state index in [9.17, 15) is 4.79 Å². The highest BCUT2D eigenvalue weighted by molar-refractivity contribution is 5.96. The number of carbonyl (C=O) groups excluding carboxylic acids is 1. The molecule has 1 aromatic carbocycles. The fourth-order valence-electron chi connectivity index (χ4n) is 2.11. The van der Waals surface area contributed by atoms with Gasteiger partial charge in [0.05, 0.1) is 23.6 Å². The van der Waals surface area contributed by atoms with Gasteiger partial charge in [0.1, 0.15) is 5.76 Å². The van der Waals surface area contributed by atoms with Crippen molar-refractivity contribution in [1.82, 2.24) is 10.1 Å². The molecule has 2 rings (SSSR count). The van der Waals surface area contributed by atoms with Gasteiger partial charge >= 0.3 is 0 Å². The average molecular weight is 288 g/mol. The lowest BCUT2D eigenvalue weighted by Crippen LogP contribution is -2.30. The summed E-state index contributed by atoms with van der Waals surface area (Å²) in [6.45, 7) is 4.55. The van der Waals surface area contributed by atoms with Gasteiger partial charge in [0.25, 0.3) is 0 Å². The predicted octanol–water partition coefficient (Wildman–Crippen LogP) is 1.94. The van der Waals surface area contributed by atoms with Crippen molar-refractivity contribution in [1.29, 1.82) is 0 Å². The Balaban J connectivity index is 1.92. The fraction of sp³-hybridized carbons (Fsp3) is 0.333. The SMILES string of the molecule is Cc1cc(CN(C)CC(=O)Nc2c(C)cccc2N)no1. The zero-order chi connectivity index (χ0) is 15.4. The Morgan fingerprint density at radius 2 is 2.19 bits per heavy atom. The third kappa shape index (κ3) is 4.06. The van der Waals surface area contributed by atoms with Gasteiger partial charge in [-0.15, -0.1) is 0 Å². The number of aromatic nitrogens is 1. The summed E-state index contributed by atoms with van der Waals surface area (Å²) in [6.07, 6.45) is 0. The molecule has 3 N–H and O–H groups in total. The number of rotatable bonds is 5. The van der Waals surface area contributed by atoms with Crippen LogP contribution < -0.4 is 11.1 Å². The van der Waals surface area contributed by atoms with E-state index in [2.05, 4.69) is 10.5 Å². The van der Waals surface area contributed by atoms with Crippen molar-refractivity contribution in [3.05, 3.63) is 41.3 Å². The van der Waals surface area contributed by atoms with Crippen LogP contribution >= 0.6 is 0 Å². The molecule has 0 saturated heterocycles. The molecule has 0 aliphatic rings. The summed E-state index contributed by atoms with van der Waals surface area (Å²) in [5.74, 6) is 0.647. The maximum atomic E-state index is 12.1. The molecule has 0 spiro atoms. The van der Waals surface area contributed by atoms with Crippen molar-refractivity contribution in [2.24, 2.45) is 0 Å². The second-order valence-electron chi connectivity index (χ2n) is 5.19. The van der Waals surface area contributed by atoms with Crippen LogP contribution in [0.2, 0.25) is 0 Å². The number of likely N-dealkylation sites (N-methyl/N-ethyl adjacent to an activating group) is 1. The summed E-state index contributed by atoms with van der Waals surface area (Å²) < 4.78 is 5.00. The summed E-state index contributed by atoms with van der Waals surface area (Å²) in [7, 11) is 1.85. The minimum Gasteiger partial charge on any atom is -0.397 e. The van der Waals surface area contributed by atoms with E-state index in [1.807, 2.05) is 44.0 Å². The number of anilines is 2. The molecule has 1 amide bonds. The van der Waals surface area contributed by atoms with Crippen molar-refractivity contribution < 1.29 is 9.32 Å². The molecule has 0 atom stereocenters. The summed E-state index contributed by atoms with van der Waals surface area (Å²) >= 11 is 0. The lowest BCUT2D eigenvalue weighted by molar-refractivity contribution is -0.117. The van der Waals surface area contributed by atoms with E-state index in [1.165, 1.54) is 0 Å². The van der Waals surface area contributed by atoms with Crippen LogP contribution in [0.4, 0.5) is 11.4 Å². The van der Waals surface area contributed by atoms with E-state index in [1.54, 1.807) is 6.07 Å². The second kappa shape index (κ2) is 6.41. The molecule has 0 fully saturated rings. The number of carbonyl (C=O) groups is 1. The first-order chi connectivity index (χ1) is 9.95. The molecule has 1 aromatic heterocycles. The van der Waals surface area contributed by atoms with Crippen molar-refractivity contribution >= 4 is 17.3 Å². The third-order valence-electron chi connectivity index (χ3n) is 3.09. The molecule has 0 aliphatic heterocycles. The van der Waals surface area contributed by atoms with E-state index in [-0.39, 0.29) is 12.5 Å². The maximum absolute atomic E-state index is 12.1. The number of nitrogens with one attached hydrogen (secondary N) is 1. The average Bonchev–Trinajstić information content (AvgIpc) is 2.79. The Hall–Kier alpha value is -2.34. The highest BCUT2D eigenvalue weighted by Crippen LogP contribution is 2.22. The number of nitrogens with two attached hydrogens (primary N) is 1. The standard InChI is InChI=1S/C15H20N4O2/c1-10-5-4-6-13(16)15(10)17-14(20)9-19(3)8-12-7-11(2)21-18-12/h4-7H,8-9,16H2,1-3H3,(H,17,20). The van der Waals surface area contributed by atoms with E-state index in [4.69, 9.17) is 10.3 Å². The third-order valence-corrected chi connectivity index (χ3v) is 3.09. The Labute approximate surface area is 123 Å². The van der Waals surface area contributed by atoms with Crippen LogP contribution in [0.25, 0.3) is 0 Å². The topological polar surface area (TPSA) is 84.4 Å². The van der Waals surface area contributed by atoms with Gasteiger partial charge in [-0.3, -0.25) is 9.69 Å². The van der Waals surface area contributed by atoms with Gasteiger partial charge in [-0.25, -0.2) is 0 Å². The lowest BCUT2D eigenvalue weighted by Gasteiger charge is -2.16. The van der Waals surface area contributed by atoms with Crippen LogP contribution in [0.1, 0.15) is 17.0 Å². The molecule has 0 radical (unpaired) electrons. The largest absolute Gasteiger partial charge is 0.397 e. The van der Waals surface area contributed by atoms with Crippen LogP contribution in [0.5, 0.6) is 0 Å². The molecule has 0 unspecified atom stereocenters. The lowest BCUT2D eigenvalue weighted by atomic mass is 10.1. The van der Waals surface area contributed by atoms with Crippen LogP contribution in [0.15, 0.2) is 28.8 Å². The number of amides is 1. The summed E-state index contributed by atoms with van der Waals surface area (Å²) in [6, 6.07) is 7.39. The molecule has 2 aromatic rings. The Kier molecular flexibility index (Phi) is 4.59. The minimum atomic E-state index is -0.112. The minimum absolute atomic E-state index is 0.112. The molecule has 0 saturated carbocycles. The maximum Gasteiger partial charge on any atom is 0.238 e. The quantitative estimate of drug-likeness (QED) is 0.821. The Morgan fingerprint density at radius 1 is 1.43 bits per heavy atom. The second-order valence-corrected chi connectivity index (χ2v) is 5.19. The first-order valence-corrected chi connectivity index (χ1v) is 6.71. The number of nitrogen functional groups attached to an aromatic ring is 1. The van der Waals surface area contributed by atoms with Crippen molar-refractivity contribution in [3.63, 3.8) is 0 Å². The van der Waals surface area contributed by atoms with Crippen LogP contribution in [0.3, 0.4) is 0 Å². The summed E-state index contributed by atoms with van der Waals surface area (Å²) in [4.78, 5) is 13.9. The van der Waals surface area contributed by atoms with E-state index in [0.29, 0.717) is 17.9 Å². The normalized spacial score (nSPS) is 10.9. The summed E-state index contributed by atoms with van der Waals surface area (Å²) in [5.41, 5.74) is 8.86. The number of nitrogens with zero attached hydrogens (tertiary/aromatic N) is 2. The van der Waals surface area contributed by atoms with Crippen LogP contribution in [-0.4, -0.2) is 29.6 Å². The van der Waals surface area contributed by atoms with Gasteiger partial charge in [0.2, 0.25) is 5.91 Å². The monoisotopic (exact) mass is 288 g/mol. The zero-order valence-electron chi connectivity index (χ0n) is 12.5. The fourth-order valence-corrected chi connectivity index (χ4v) is 2.11. The molecule has 1 heterocycles. The van der Waals surface area contributed by atoms with Crippen molar-refractivity contribution in [2.45, 2.75) is 20.4 Å². The number of aryl methyl sites for hydroxylation is 2. The molecule has 0 bridgehead atoms. The first kappa shape index (κ1) is 15.1. The van der Waals surface area contributed by atoms with Crippen molar-refractivity contribution in [2.75, 3.05) is 24.6 Å². The van der Waals surface area contributed by atoms with Crippen molar-refractivity contribution in [3.8, 4) is 0 Å². The molecular formula is C15H20N4O2.